The lowest BCUT2D eigenvalue weighted by Crippen LogP contribution is -2.59. The molecule has 0 spiro atoms. The van der Waals surface area contributed by atoms with E-state index in [1.165, 1.54) is 50.5 Å². The maximum atomic E-state index is 10.8. The highest BCUT2D eigenvalue weighted by atomic mass is 16.3. The van der Waals surface area contributed by atoms with E-state index < -0.39 is 11.7 Å². The first-order chi connectivity index (χ1) is 14.7. The van der Waals surface area contributed by atoms with Gasteiger partial charge in [-0.15, -0.1) is 0 Å². The van der Waals surface area contributed by atoms with Gasteiger partial charge in [0.05, 0.1) is 17.8 Å². The molecule has 0 aromatic carbocycles. The Kier molecular flexibility index (Phi) is 6.25. The van der Waals surface area contributed by atoms with Crippen LogP contribution >= 0.6 is 0 Å². The molecule has 3 nitrogen and oxygen atoms in total. The van der Waals surface area contributed by atoms with Crippen LogP contribution in [0.15, 0.2) is 12.2 Å². The third-order valence-electron chi connectivity index (χ3n) is 11.6. The Morgan fingerprint density at radius 1 is 0.906 bits per heavy atom. The van der Waals surface area contributed by atoms with Crippen molar-refractivity contribution in [2.24, 2.45) is 45.8 Å². The standard InChI is InChI=1S/C29H50O3/c1-18(8-13-25(31)27(4,5)32)19-14-16-28(6)20(19)9-10-22-21(28)11-12-23-26(2,3)24(30)15-17-29(22,23)7/h19-25,30-32H,1,8-17H2,2-7H3/t19-,20-,21-,22+,23+,24+,25+,28+,29-/m1/s1. The van der Waals surface area contributed by atoms with Gasteiger partial charge in [-0.2, -0.15) is 0 Å². The van der Waals surface area contributed by atoms with Crippen molar-refractivity contribution in [2.45, 2.75) is 124 Å². The molecule has 32 heavy (non-hydrogen) atoms. The molecule has 0 bridgehead atoms. The van der Waals surface area contributed by atoms with Crippen molar-refractivity contribution >= 4 is 0 Å². The number of aliphatic hydroxyl groups excluding tert-OH is 2. The number of hydrogen-bond acceptors (Lipinski definition) is 3. The van der Waals surface area contributed by atoms with Crippen LogP contribution in [0.5, 0.6) is 0 Å². The molecule has 4 aliphatic carbocycles. The van der Waals surface area contributed by atoms with Crippen LogP contribution in [-0.2, 0) is 0 Å². The minimum Gasteiger partial charge on any atom is -0.393 e. The largest absolute Gasteiger partial charge is 0.393 e. The molecule has 0 unspecified atom stereocenters. The van der Waals surface area contributed by atoms with Gasteiger partial charge in [0.25, 0.3) is 0 Å². The van der Waals surface area contributed by atoms with Crippen molar-refractivity contribution in [3.05, 3.63) is 12.2 Å². The number of rotatable bonds is 5. The van der Waals surface area contributed by atoms with Crippen LogP contribution in [0.1, 0.15) is 106 Å². The molecule has 0 aliphatic heterocycles. The Labute approximate surface area is 197 Å². The van der Waals surface area contributed by atoms with E-state index in [4.69, 9.17) is 0 Å². The van der Waals surface area contributed by atoms with Crippen LogP contribution < -0.4 is 0 Å². The summed E-state index contributed by atoms with van der Waals surface area (Å²) < 4.78 is 0. The van der Waals surface area contributed by atoms with E-state index in [2.05, 4.69) is 34.3 Å². The van der Waals surface area contributed by atoms with Gasteiger partial charge < -0.3 is 15.3 Å². The summed E-state index contributed by atoms with van der Waals surface area (Å²) >= 11 is 0. The molecule has 0 saturated heterocycles. The summed E-state index contributed by atoms with van der Waals surface area (Å²) in [6.07, 6.45) is 10.5. The number of hydrogen-bond donors (Lipinski definition) is 3. The van der Waals surface area contributed by atoms with Gasteiger partial charge in [-0.3, -0.25) is 0 Å². The lowest BCUT2D eigenvalue weighted by Gasteiger charge is -2.65. The first-order valence-corrected chi connectivity index (χ1v) is 13.5. The molecule has 3 N–H and O–H groups in total. The average Bonchev–Trinajstić information content (AvgIpc) is 3.06. The maximum Gasteiger partial charge on any atom is 0.0849 e. The zero-order valence-electron chi connectivity index (χ0n) is 21.7. The highest BCUT2D eigenvalue weighted by molar-refractivity contribution is 5.17. The summed E-state index contributed by atoms with van der Waals surface area (Å²) in [4.78, 5) is 0. The van der Waals surface area contributed by atoms with Crippen LogP contribution in [0.2, 0.25) is 0 Å². The van der Waals surface area contributed by atoms with Crippen molar-refractivity contribution in [1.29, 1.82) is 0 Å². The van der Waals surface area contributed by atoms with Gasteiger partial charge in [-0.25, -0.2) is 0 Å². The second kappa shape index (κ2) is 8.09. The van der Waals surface area contributed by atoms with Crippen LogP contribution in [0.3, 0.4) is 0 Å². The molecule has 184 valence electrons. The topological polar surface area (TPSA) is 60.7 Å². The van der Waals surface area contributed by atoms with E-state index in [0.717, 1.165) is 30.6 Å². The monoisotopic (exact) mass is 446 g/mol. The fourth-order valence-corrected chi connectivity index (χ4v) is 9.56. The Bertz CT molecular complexity index is 720. The number of aliphatic hydroxyl groups is 3. The third-order valence-corrected chi connectivity index (χ3v) is 11.6. The molecule has 9 atom stereocenters. The van der Waals surface area contributed by atoms with Crippen LogP contribution in [-0.4, -0.2) is 33.1 Å². The fourth-order valence-electron chi connectivity index (χ4n) is 9.56. The molecule has 0 amide bonds. The normalized spacial score (nSPS) is 46.7. The van der Waals surface area contributed by atoms with E-state index in [0.29, 0.717) is 29.1 Å². The Balaban J connectivity index is 1.49. The van der Waals surface area contributed by atoms with E-state index >= 15 is 0 Å². The van der Waals surface area contributed by atoms with Gasteiger partial charge in [-0.1, -0.05) is 39.8 Å². The van der Waals surface area contributed by atoms with Crippen molar-refractivity contribution in [3.63, 3.8) is 0 Å². The van der Waals surface area contributed by atoms with Crippen molar-refractivity contribution in [1.82, 2.24) is 0 Å². The molecule has 4 fully saturated rings. The van der Waals surface area contributed by atoms with Gasteiger partial charge >= 0.3 is 0 Å². The molecule has 4 rings (SSSR count). The van der Waals surface area contributed by atoms with E-state index in [-0.39, 0.29) is 11.5 Å². The van der Waals surface area contributed by atoms with Crippen LogP contribution in [0.25, 0.3) is 0 Å². The smallest absolute Gasteiger partial charge is 0.0849 e. The molecule has 0 aromatic rings. The molecular weight excluding hydrogens is 396 g/mol. The van der Waals surface area contributed by atoms with E-state index in [1.54, 1.807) is 13.8 Å². The third kappa shape index (κ3) is 3.73. The summed E-state index contributed by atoms with van der Waals surface area (Å²) in [5.41, 5.74) is 1.06. The second-order valence-corrected chi connectivity index (χ2v) is 13.9. The van der Waals surface area contributed by atoms with Gasteiger partial charge in [0, 0.05) is 0 Å². The lowest BCUT2D eigenvalue weighted by molar-refractivity contribution is -0.183. The fraction of sp³-hybridized carbons (Fsp3) is 0.931. The van der Waals surface area contributed by atoms with Gasteiger partial charge in [0.15, 0.2) is 0 Å². The van der Waals surface area contributed by atoms with E-state index in [9.17, 15) is 15.3 Å². The summed E-state index contributed by atoms with van der Waals surface area (Å²) in [7, 11) is 0. The molecule has 3 heteroatoms. The van der Waals surface area contributed by atoms with Gasteiger partial charge in [0.2, 0.25) is 0 Å². The molecule has 0 heterocycles. The van der Waals surface area contributed by atoms with Crippen LogP contribution in [0.4, 0.5) is 0 Å². The molecule has 4 saturated carbocycles. The lowest BCUT2D eigenvalue weighted by atomic mass is 9.40. The quantitative estimate of drug-likeness (QED) is 0.446. The van der Waals surface area contributed by atoms with Crippen molar-refractivity contribution < 1.29 is 15.3 Å². The highest BCUT2D eigenvalue weighted by Gasteiger charge is 2.63. The summed E-state index contributed by atoms with van der Waals surface area (Å²) in [5.74, 6) is 3.52. The van der Waals surface area contributed by atoms with Crippen molar-refractivity contribution in [3.8, 4) is 0 Å². The zero-order chi connectivity index (χ0) is 23.7. The number of allylic oxidation sites excluding steroid dienone is 1. The zero-order valence-corrected chi connectivity index (χ0v) is 21.7. The minimum absolute atomic E-state index is 0.0313. The van der Waals surface area contributed by atoms with Crippen LogP contribution in [0, 0.1) is 45.8 Å². The van der Waals surface area contributed by atoms with Gasteiger partial charge in [-0.05, 0) is 124 Å². The average molecular weight is 447 g/mol. The maximum absolute atomic E-state index is 10.8. The predicted molar refractivity (Wildman–Crippen MR) is 131 cm³/mol. The Hall–Kier alpha value is -0.380. The highest BCUT2D eigenvalue weighted by Crippen LogP contribution is 2.70. The Morgan fingerprint density at radius 3 is 2.12 bits per heavy atom. The van der Waals surface area contributed by atoms with Gasteiger partial charge in [0.1, 0.15) is 0 Å². The first kappa shape index (κ1) is 24.7. The second-order valence-electron chi connectivity index (χ2n) is 13.9. The van der Waals surface area contributed by atoms with E-state index in [1.807, 2.05) is 0 Å². The summed E-state index contributed by atoms with van der Waals surface area (Å²) in [6, 6.07) is 0. The summed E-state index contributed by atoms with van der Waals surface area (Å²) in [6.45, 7) is 17.7. The Morgan fingerprint density at radius 2 is 1.47 bits per heavy atom. The molecule has 0 radical (unpaired) electrons. The molecular formula is C29H50O3. The minimum atomic E-state index is -1.04. The SMILES string of the molecule is C=C(CC[C@H](O)C(C)(C)O)[C@H]1CC[C@@]2(C)[C@@H]1CC[C@H]1[C@H]2CC[C@H]2C(C)(C)[C@@H](O)CC[C@]12C. The van der Waals surface area contributed by atoms with Crippen molar-refractivity contribution in [2.75, 3.05) is 0 Å². The first-order valence-electron chi connectivity index (χ1n) is 13.5. The summed E-state index contributed by atoms with van der Waals surface area (Å²) in [5, 5.41) is 31.2. The predicted octanol–water partition coefficient (Wildman–Crippen LogP) is 6.11. The molecule has 0 aromatic heterocycles. The number of fused-ring (bicyclic) bond motifs is 5. The molecule has 4 aliphatic rings.